The molecule has 1 aromatic carbocycles. The van der Waals surface area contributed by atoms with Crippen molar-refractivity contribution in [3.63, 3.8) is 0 Å². The fourth-order valence-electron chi connectivity index (χ4n) is 2.54. The summed E-state index contributed by atoms with van der Waals surface area (Å²) in [5.74, 6) is 2.71. The van der Waals surface area contributed by atoms with Crippen LogP contribution in [0.2, 0.25) is 0 Å². The molecule has 0 aliphatic rings. The molecule has 2 heterocycles. The van der Waals surface area contributed by atoms with Crippen molar-refractivity contribution in [2.45, 2.75) is 20.0 Å². The topological polar surface area (TPSA) is 60.6 Å². The summed E-state index contributed by atoms with van der Waals surface area (Å²) in [6, 6.07) is 7.94. The SMILES string of the molecule is CCN(Cc1ccc(OC)c(OC)c1)Cc1nc(-c2ccsc2)no1. The Hall–Kier alpha value is -2.38. The number of methoxy groups -OCH3 is 2. The number of nitrogens with zero attached hydrogens (tertiary/aromatic N) is 3. The standard InChI is InChI=1S/C18H21N3O3S/c1-4-21(10-13-5-6-15(22-2)16(9-13)23-3)11-17-19-18(20-24-17)14-7-8-25-12-14/h5-9,12H,4,10-11H2,1-3H3. The highest BCUT2D eigenvalue weighted by molar-refractivity contribution is 7.08. The Morgan fingerprint density at radius 1 is 1.12 bits per heavy atom. The molecule has 25 heavy (non-hydrogen) atoms. The Morgan fingerprint density at radius 2 is 1.96 bits per heavy atom. The van der Waals surface area contributed by atoms with Crippen LogP contribution in [-0.4, -0.2) is 35.8 Å². The normalized spacial score (nSPS) is 11.0. The van der Waals surface area contributed by atoms with Crippen LogP contribution in [-0.2, 0) is 13.1 Å². The van der Waals surface area contributed by atoms with E-state index >= 15 is 0 Å². The smallest absolute Gasteiger partial charge is 0.241 e. The minimum Gasteiger partial charge on any atom is -0.493 e. The van der Waals surface area contributed by atoms with Gasteiger partial charge in [0.05, 0.1) is 20.8 Å². The summed E-state index contributed by atoms with van der Waals surface area (Å²) in [6.45, 7) is 4.33. The number of rotatable bonds is 8. The van der Waals surface area contributed by atoms with Gasteiger partial charge in [-0.1, -0.05) is 18.1 Å². The van der Waals surface area contributed by atoms with E-state index in [1.165, 1.54) is 0 Å². The molecule has 0 N–H and O–H groups in total. The molecule has 0 saturated heterocycles. The van der Waals surface area contributed by atoms with Crippen LogP contribution in [0.3, 0.4) is 0 Å². The molecule has 0 amide bonds. The van der Waals surface area contributed by atoms with E-state index < -0.39 is 0 Å². The van der Waals surface area contributed by atoms with Crippen molar-refractivity contribution in [1.82, 2.24) is 15.0 Å². The minimum absolute atomic E-state index is 0.599. The van der Waals surface area contributed by atoms with Crippen LogP contribution >= 0.6 is 11.3 Å². The number of thiophene rings is 1. The number of aromatic nitrogens is 2. The van der Waals surface area contributed by atoms with Crippen molar-refractivity contribution in [3.8, 4) is 22.9 Å². The van der Waals surface area contributed by atoms with Gasteiger partial charge in [-0.25, -0.2) is 0 Å². The molecule has 0 unspecified atom stereocenters. The van der Waals surface area contributed by atoms with Gasteiger partial charge < -0.3 is 14.0 Å². The molecule has 0 saturated carbocycles. The molecule has 7 heteroatoms. The Bertz CT molecular complexity index is 802. The van der Waals surface area contributed by atoms with E-state index in [1.54, 1.807) is 25.6 Å². The van der Waals surface area contributed by atoms with Crippen LogP contribution in [0.25, 0.3) is 11.4 Å². The van der Waals surface area contributed by atoms with Gasteiger partial charge in [0.2, 0.25) is 11.7 Å². The number of hydrogen-bond acceptors (Lipinski definition) is 7. The van der Waals surface area contributed by atoms with Gasteiger partial charge in [-0.3, -0.25) is 4.90 Å². The molecule has 132 valence electrons. The molecular formula is C18H21N3O3S. The lowest BCUT2D eigenvalue weighted by Crippen LogP contribution is -2.22. The molecule has 3 rings (SSSR count). The molecule has 0 spiro atoms. The maximum absolute atomic E-state index is 5.40. The lowest BCUT2D eigenvalue weighted by molar-refractivity contribution is 0.228. The molecule has 0 aliphatic carbocycles. The average molecular weight is 359 g/mol. The van der Waals surface area contributed by atoms with Gasteiger partial charge in [-0.2, -0.15) is 16.3 Å². The van der Waals surface area contributed by atoms with Gasteiger partial charge in [-0.05, 0) is 35.7 Å². The number of ether oxygens (including phenoxy) is 2. The third-order valence-corrected chi connectivity index (χ3v) is 4.59. The maximum Gasteiger partial charge on any atom is 0.241 e. The van der Waals surface area contributed by atoms with Crippen LogP contribution in [0.4, 0.5) is 0 Å². The van der Waals surface area contributed by atoms with Crippen molar-refractivity contribution in [2.75, 3.05) is 20.8 Å². The van der Waals surface area contributed by atoms with Crippen LogP contribution in [0.15, 0.2) is 39.5 Å². The summed E-state index contributed by atoms with van der Waals surface area (Å²) in [4.78, 5) is 6.71. The highest BCUT2D eigenvalue weighted by atomic mass is 32.1. The highest BCUT2D eigenvalue weighted by Gasteiger charge is 2.14. The fraction of sp³-hybridized carbons (Fsp3) is 0.333. The monoisotopic (exact) mass is 359 g/mol. The fourth-order valence-corrected chi connectivity index (χ4v) is 3.17. The molecule has 0 radical (unpaired) electrons. The zero-order chi connectivity index (χ0) is 17.6. The Kier molecular flexibility index (Phi) is 5.67. The summed E-state index contributed by atoms with van der Waals surface area (Å²) in [6.07, 6.45) is 0. The minimum atomic E-state index is 0.599. The van der Waals surface area contributed by atoms with Crippen molar-refractivity contribution in [2.24, 2.45) is 0 Å². The van der Waals surface area contributed by atoms with Crippen LogP contribution < -0.4 is 9.47 Å². The lowest BCUT2D eigenvalue weighted by atomic mass is 10.2. The molecule has 6 nitrogen and oxygen atoms in total. The average Bonchev–Trinajstić information content (AvgIpc) is 3.32. The highest BCUT2D eigenvalue weighted by Crippen LogP contribution is 2.28. The second-order valence-electron chi connectivity index (χ2n) is 5.52. The predicted molar refractivity (Wildman–Crippen MR) is 96.9 cm³/mol. The van der Waals surface area contributed by atoms with E-state index in [-0.39, 0.29) is 0 Å². The molecule has 0 bridgehead atoms. The third-order valence-electron chi connectivity index (χ3n) is 3.91. The van der Waals surface area contributed by atoms with E-state index in [9.17, 15) is 0 Å². The second kappa shape index (κ2) is 8.13. The van der Waals surface area contributed by atoms with Crippen LogP contribution in [0, 0.1) is 0 Å². The zero-order valence-corrected chi connectivity index (χ0v) is 15.4. The summed E-state index contributed by atoms with van der Waals surface area (Å²) in [5, 5.41) is 8.07. The third kappa shape index (κ3) is 4.18. The van der Waals surface area contributed by atoms with Crippen LogP contribution in [0.5, 0.6) is 11.5 Å². The number of hydrogen-bond donors (Lipinski definition) is 0. The van der Waals surface area contributed by atoms with E-state index in [0.29, 0.717) is 18.3 Å². The van der Waals surface area contributed by atoms with Crippen molar-refractivity contribution >= 4 is 11.3 Å². The lowest BCUT2D eigenvalue weighted by Gasteiger charge is -2.19. The number of benzene rings is 1. The van der Waals surface area contributed by atoms with Gasteiger partial charge in [0.1, 0.15) is 0 Å². The Labute approximate surface area is 151 Å². The van der Waals surface area contributed by atoms with Crippen molar-refractivity contribution in [3.05, 3.63) is 46.5 Å². The molecule has 0 atom stereocenters. The van der Waals surface area contributed by atoms with Crippen molar-refractivity contribution < 1.29 is 14.0 Å². The predicted octanol–water partition coefficient (Wildman–Crippen LogP) is 3.84. The van der Waals surface area contributed by atoms with Crippen LogP contribution in [0.1, 0.15) is 18.4 Å². The van der Waals surface area contributed by atoms with Crippen molar-refractivity contribution in [1.29, 1.82) is 0 Å². The first kappa shape index (κ1) is 17.4. The first-order valence-corrected chi connectivity index (χ1v) is 8.96. The summed E-state index contributed by atoms with van der Waals surface area (Å²) < 4.78 is 16.1. The first-order chi connectivity index (χ1) is 12.2. The van der Waals surface area contributed by atoms with E-state index in [0.717, 1.165) is 35.7 Å². The molecule has 3 aromatic rings. The van der Waals surface area contributed by atoms with E-state index in [2.05, 4.69) is 22.0 Å². The summed E-state index contributed by atoms with van der Waals surface area (Å²) in [7, 11) is 3.28. The molecule has 2 aromatic heterocycles. The Morgan fingerprint density at radius 3 is 2.64 bits per heavy atom. The van der Waals surface area contributed by atoms with Gasteiger partial charge in [-0.15, -0.1) is 0 Å². The maximum atomic E-state index is 5.40. The van der Waals surface area contributed by atoms with E-state index in [4.69, 9.17) is 14.0 Å². The van der Waals surface area contributed by atoms with E-state index in [1.807, 2.05) is 35.0 Å². The molecule has 0 fully saturated rings. The van der Waals surface area contributed by atoms with Gasteiger partial charge in [0.15, 0.2) is 11.5 Å². The molecular weight excluding hydrogens is 338 g/mol. The van der Waals surface area contributed by atoms with Gasteiger partial charge >= 0.3 is 0 Å². The van der Waals surface area contributed by atoms with Gasteiger partial charge in [0, 0.05) is 17.5 Å². The second-order valence-corrected chi connectivity index (χ2v) is 6.30. The molecule has 0 aliphatic heterocycles. The van der Waals surface area contributed by atoms with Gasteiger partial charge in [0.25, 0.3) is 0 Å². The summed E-state index contributed by atoms with van der Waals surface area (Å²) >= 11 is 1.62. The quantitative estimate of drug-likeness (QED) is 0.609. The first-order valence-electron chi connectivity index (χ1n) is 8.02. The zero-order valence-electron chi connectivity index (χ0n) is 14.6. The Balaban J connectivity index is 1.69. The summed E-state index contributed by atoms with van der Waals surface area (Å²) in [5.41, 5.74) is 2.13. The largest absolute Gasteiger partial charge is 0.493 e.